The van der Waals surface area contributed by atoms with Gasteiger partial charge >= 0.3 is 0 Å². The van der Waals surface area contributed by atoms with Crippen molar-refractivity contribution in [3.8, 4) is 11.8 Å². The van der Waals surface area contributed by atoms with Crippen molar-refractivity contribution >= 4 is 33.8 Å². The van der Waals surface area contributed by atoms with E-state index in [9.17, 15) is 9.59 Å². The van der Waals surface area contributed by atoms with Crippen LogP contribution in [0.3, 0.4) is 0 Å². The molecule has 2 aromatic rings. The number of ether oxygens (including phenoxy) is 1. The largest absolute Gasteiger partial charge is 0.495 e. The van der Waals surface area contributed by atoms with Gasteiger partial charge in [-0.15, -0.1) is 11.3 Å². The van der Waals surface area contributed by atoms with Gasteiger partial charge in [-0.25, -0.2) is 0 Å². The van der Waals surface area contributed by atoms with Crippen molar-refractivity contribution < 1.29 is 19.2 Å². The van der Waals surface area contributed by atoms with Gasteiger partial charge in [0, 0.05) is 0 Å². The number of nitriles is 1. The van der Waals surface area contributed by atoms with Gasteiger partial charge in [0.05, 0.1) is 24.9 Å². The number of nitrogens with one attached hydrogen (secondary N) is 3. The highest BCUT2D eigenvalue weighted by molar-refractivity contribution is 7.14. The molecule has 7 nitrogen and oxygen atoms in total. The van der Waals surface area contributed by atoms with Crippen LogP contribution in [0, 0.1) is 11.3 Å². The Morgan fingerprint density at radius 2 is 1.88 bits per heavy atom. The zero-order valence-corrected chi connectivity index (χ0v) is 15.5. The summed E-state index contributed by atoms with van der Waals surface area (Å²) in [6, 6.07) is 10.8. The topological polar surface area (TPSA) is 95.7 Å². The molecule has 1 aromatic heterocycles. The second-order valence-electron chi connectivity index (χ2n) is 5.53. The highest BCUT2D eigenvalue weighted by Crippen LogP contribution is 2.23. The van der Waals surface area contributed by atoms with Crippen LogP contribution in [0.1, 0.15) is 12.5 Å². The first-order chi connectivity index (χ1) is 12.6. The molecule has 2 rings (SSSR count). The van der Waals surface area contributed by atoms with Crippen molar-refractivity contribution in [2.24, 2.45) is 0 Å². The van der Waals surface area contributed by atoms with E-state index < -0.39 is 0 Å². The molecule has 0 aliphatic heterocycles. The number of anilines is 2. The number of thiophene rings is 1. The van der Waals surface area contributed by atoms with Crippen molar-refractivity contribution in [3.05, 3.63) is 41.3 Å². The number of carbonyl (C=O) groups is 2. The Morgan fingerprint density at radius 1 is 1.19 bits per heavy atom. The quantitative estimate of drug-likeness (QED) is 0.646. The van der Waals surface area contributed by atoms with Crippen LogP contribution >= 0.6 is 11.3 Å². The first-order valence-corrected chi connectivity index (χ1v) is 8.99. The van der Waals surface area contributed by atoms with Gasteiger partial charge in [-0.2, -0.15) is 5.26 Å². The van der Waals surface area contributed by atoms with Crippen LogP contribution < -0.4 is 20.3 Å². The Morgan fingerprint density at radius 3 is 2.54 bits per heavy atom. The predicted molar refractivity (Wildman–Crippen MR) is 101 cm³/mol. The first kappa shape index (κ1) is 19.4. The lowest BCUT2D eigenvalue weighted by Crippen LogP contribution is -3.13. The maximum Gasteiger partial charge on any atom is 0.280 e. The molecule has 0 saturated heterocycles. The molecule has 26 heavy (non-hydrogen) atoms. The van der Waals surface area contributed by atoms with E-state index in [4.69, 9.17) is 10.00 Å². The van der Waals surface area contributed by atoms with Gasteiger partial charge in [-0.3, -0.25) is 9.59 Å². The second kappa shape index (κ2) is 9.56. The fourth-order valence-corrected chi connectivity index (χ4v) is 3.13. The molecular weight excluding hydrogens is 352 g/mol. The number of amides is 2. The van der Waals surface area contributed by atoms with Crippen LogP contribution in [0.4, 0.5) is 10.7 Å². The molecule has 0 spiro atoms. The minimum absolute atomic E-state index is 0.138. The Kier molecular flexibility index (Phi) is 7.14. The third-order valence-electron chi connectivity index (χ3n) is 3.74. The van der Waals surface area contributed by atoms with E-state index in [2.05, 4.69) is 10.6 Å². The van der Waals surface area contributed by atoms with Gasteiger partial charge < -0.3 is 20.3 Å². The average molecular weight is 373 g/mol. The zero-order valence-electron chi connectivity index (χ0n) is 14.7. The summed E-state index contributed by atoms with van der Waals surface area (Å²) in [7, 11) is 1.54. The molecule has 1 unspecified atom stereocenters. The number of likely N-dealkylation sites (N-methyl/N-ethyl adjacent to an activating group) is 1. The van der Waals surface area contributed by atoms with Gasteiger partial charge in [0.25, 0.3) is 11.8 Å². The molecule has 0 bridgehead atoms. The maximum atomic E-state index is 12.3. The summed E-state index contributed by atoms with van der Waals surface area (Å²) in [6.07, 6.45) is 0. The minimum atomic E-state index is -0.231. The maximum absolute atomic E-state index is 12.3. The summed E-state index contributed by atoms with van der Waals surface area (Å²) in [6.45, 7) is 2.81. The van der Waals surface area contributed by atoms with E-state index in [0.717, 1.165) is 4.90 Å². The Hall–Kier alpha value is -2.89. The molecule has 1 aromatic carbocycles. The molecule has 0 saturated carbocycles. The van der Waals surface area contributed by atoms with E-state index >= 15 is 0 Å². The van der Waals surface area contributed by atoms with Crippen LogP contribution in [0.5, 0.6) is 5.75 Å². The second-order valence-corrected chi connectivity index (χ2v) is 6.45. The third kappa shape index (κ3) is 5.31. The Balaban J connectivity index is 1.91. The lowest BCUT2D eigenvalue weighted by Gasteiger charge is -2.17. The molecule has 0 fully saturated rings. The summed E-state index contributed by atoms with van der Waals surface area (Å²) in [5.41, 5.74) is 1.03. The van der Waals surface area contributed by atoms with Crippen LogP contribution in [0.15, 0.2) is 35.7 Å². The van der Waals surface area contributed by atoms with Gasteiger partial charge in [0.2, 0.25) is 0 Å². The molecule has 2 amide bonds. The summed E-state index contributed by atoms with van der Waals surface area (Å²) >= 11 is 1.30. The number of para-hydroxylation sites is 2. The Bertz CT molecular complexity index is 813. The fraction of sp³-hybridized carbons (Fsp3) is 0.278. The number of nitrogens with zero attached hydrogens (tertiary/aromatic N) is 1. The first-order valence-electron chi connectivity index (χ1n) is 8.11. The number of hydrogen-bond acceptors (Lipinski definition) is 5. The van der Waals surface area contributed by atoms with E-state index in [-0.39, 0.29) is 24.9 Å². The zero-order chi connectivity index (χ0) is 18.9. The number of rotatable bonds is 8. The molecule has 1 heterocycles. The van der Waals surface area contributed by atoms with Crippen molar-refractivity contribution in [1.29, 1.82) is 5.26 Å². The monoisotopic (exact) mass is 373 g/mol. The molecule has 0 radical (unpaired) electrons. The summed E-state index contributed by atoms with van der Waals surface area (Å²) in [5, 5.41) is 16.8. The third-order valence-corrected chi connectivity index (χ3v) is 4.57. The van der Waals surface area contributed by atoms with Crippen LogP contribution in [-0.4, -0.2) is 38.6 Å². The van der Waals surface area contributed by atoms with Gasteiger partial charge in [0.1, 0.15) is 16.8 Å². The molecule has 136 valence electrons. The van der Waals surface area contributed by atoms with Crippen LogP contribution in [-0.2, 0) is 9.59 Å². The molecule has 0 aliphatic rings. The number of carbonyl (C=O) groups excluding carboxylic acids is 2. The molecule has 3 N–H and O–H groups in total. The number of benzene rings is 1. The van der Waals surface area contributed by atoms with Crippen molar-refractivity contribution in [2.45, 2.75) is 6.92 Å². The SMILES string of the molecule is CC[NH+](CC(=O)Nc1ccccc1OC)CC(=O)Nc1sccc1C#N. The van der Waals surface area contributed by atoms with Gasteiger partial charge in [-0.05, 0) is 30.5 Å². The van der Waals surface area contributed by atoms with Gasteiger partial charge in [-0.1, -0.05) is 12.1 Å². The van der Waals surface area contributed by atoms with Crippen molar-refractivity contribution in [2.75, 3.05) is 37.4 Å². The molecule has 1 atom stereocenters. The van der Waals surface area contributed by atoms with Gasteiger partial charge in [0.15, 0.2) is 13.1 Å². The summed E-state index contributed by atoms with van der Waals surface area (Å²) in [5.74, 6) is 0.150. The molecule has 0 aliphatic carbocycles. The fourth-order valence-electron chi connectivity index (χ4n) is 2.37. The smallest absolute Gasteiger partial charge is 0.280 e. The molecular formula is C18H21N4O3S+. The minimum Gasteiger partial charge on any atom is -0.495 e. The van der Waals surface area contributed by atoms with Crippen molar-refractivity contribution in [1.82, 2.24) is 0 Å². The van der Waals surface area contributed by atoms with Crippen molar-refractivity contribution in [3.63, 3.8) is 0 Å². The van der Waals surface area contributed by atoms with E-state index in [1.54, 1.807) is 30.7 Å². The van der Waals surface area contributed by atoms with Crippen LogP contribution in [0.2, 0.25) is 0 Å². The number of hydrogen-bond donors (Lipinski definition) is 3. The standard InChI is InChI=1S/C18H20N4O3S/c1-3-22(12-17(24)21-18-13(10-19)8-9-26-18)11-16(23)20-14-6-4-5-7-15(14)25-2/h4-9H,3,11-12H2,1-2H3,(H,20,23)(H,21,24)/p+1. The average Bonchev–Trinajstić information content (AvgIpc) is 3.08. The van der Waals surface area contributed by atoms with E-state index in [1.807, 2.05) is 25.1 Å². The lowest BCUT2D eigenvalue weighted by molar-refractivity contribution is -0.881. The lowest BCUT2D eigenvalue weighted by atomic mass is 10.3. The summed E-state index contributed by atoms with van der Waals surface area (Å²) in [4.78, 5) is 25.3. The Labute approximate surface area is 156 Å². The number of quaternary nitrogens is 1. The van der Waals surface area contributed by atoms with E-state index in [1.165, 1.54) is 11.3 Å². The van der Waals surface area contributed by atoms with Crippen LogP contribution in [0.25, 0.3) is 0 Å². The summed E-state index contributed by atoms with van der Waals surface area (Å²) < 4.78 is 5.21. The predicted octanol–water partition coefficient (Wildman–Crippen LogP) is 1.11. The van der Waals surface area contributed by atoms with E-state index in [0.29, 0.717) is 28.5 Å². The normalized spacial score (nSPS) is 11.3. The number of methoxy groups -OCH3 is 1. The highest BCUT2D eigenvalue weighted by Gasteiger charge is 2.18. The highest BCUT2D eigenvalue weighted by atomic mass is 32.1. The molecule has 8 heteroatoms.